The summed E-state index contributed by atoms with van der Waals surface area (Å²) in [6.07, 6.45) is 5.68. The van der Waals surface area contributed by atoms with Crippen LogP contribution < -0.4 is 5.32 Å². The standard InChI is InChI=1S/C19H28F2N4O/c1-13-14(10-24(2)23-13)11-25-7-6-18(12-25)5-3-4-16(18)17(26)22-15-8-19(20,21)9-15/h10,15-16H,3-9,11-12H2,1-2H3,(H,22,26)/t16-,18+/m0/s1. The Morgan fingerprint density at radius 2 is 2.15 bits per heavy atom. The van der Waals surface area contributed by atoms with E-state index < -0.39 is 5.92 Å². The van der Waals surface area contributed by atoms with Gasteiger partial charge in [0.2, 0.25) is 5.91 Å². The minimum absolute atomic E-state index is 0.00223. The highest BCUT2D eigenvalue weighted by Crippen LogP contribution is 2.50. The average molecular weight is 366 g/mol. The molecule has 1 aromatic heterocycles. The van der Waals surface area contributed by atoms with Gasteiger partial charge >= 0.3 is 0 Å². The van der Waals surface area contributed by atoms with Crippen molar-refractivity contribution in [3.8, 4) is 0 Å². The van der Waals surface area contributed by atoms with Gasteiger partial charge in [-0.1, -0.05) is 6.42 Å². The maximum Gasteiger partial charge on any atom is 0.252 e. The first-order valence-electron chi connectivity index (χ1n) is 9.66. The van der Waals surface area contributed by atoms with Crippen LogP contribution in [0.4, 0.5) is 8.78 Å². The summed E-state index contributed by atoms with van der Waals surface area (Å²) >= 11 is 0. The Morgan fingerprint density at radius 1 is 1.38 bits per heavy atom. The normalized spacial score (nSPS) is 31.5. The van der Waals surface area contributed by atoms with Crippen LogP contribution in [-0.2, 0) is 18.4 Å². The minimum Gasteiger partial charge on any atom is -0.353 e. The summed E-state index contributed by atoms with van der Waals surface area (Å²) in [4.78, 5) is 15.2. The number of aryl methyl sites for hydroxylation is 2. The van der Waals surface area contributed by atoms with Crippen molar-refractivity contribution < 1.29 is 13.6 Å². The lowest BCUT2D eigenvalue weighted by molar-refractivity contribution is -0.135. The predicted octanol–water partition coefficient (Wildman–Crippen LogP) is 2.63. The third-order valence-electron chi connectivity index (χ3n) is 6.63. The van der Waals surface area contributed by atoms with Crippen molar-refractivity contribution >= 4 is 5.91 Å². The molecule has 2 heterocycles. The van der Waals surface area contributed by atoms with Crippen LogP contribution in [0.15, 0.2) is 6.20 Å². The van der Waals surface area contributed by atoms with E-state index in [0.717, 1.165) is 51.0 Å². The second-order valence-corrected chi connectivity index (χ2v) is 8.65. The molecule has 2 aliphatic carbocycles. The van der Waals surface area contributed by atoms with Crippen LogP contribution in [0.5, 0.6) is 0 Å². The van der Waals surface area contributed by atoms with Gasteiger partial charge in [0.25, 0.3) is 5.92 Å². The molecule has 3 aliphatic rings. The number of carbonyl (C=O) groups is 1. The summed E-state index contributed by atoms with van der Waals surface area (Å²) in [6, 6.07) is -0.342. The quantitative estimate of drug-likeness (QED) is 0.891. The van der Waals surface area contributed by atoms with Gasteiger partial charge < -0.3 is 5.32 Å². The third kappa shape index (κ3) is 3.26. The van der Waals surface area contributed by atoms with E-state index in [1.54, 1.807) is 0 Å². The largest absolute Gasteiger partial charge is 0.353 e. The van der Waals surface area contributed by atoms with Crippen molar-refractivity contribution in [2.24, 2.45) is 18.4 Å². The molecule has 5 nitrogen and oxygen atoms in total. The zero-order chi connectivity index (χ0) is 18.5. The zero-order valence-corrected chi connectivity index (χ0v) is 15.6. The Kier molecular flexibility index (Phi) is 4.33. The molecule has 1 N–H and O–H groups in total. The fourth-order valence-corrected chi connectivity index (χ4v) is 5.27. The lowest BCUT2D eigenvalue weighted by atomic mass is 9.76. The fraction of sp³-hybridized carbons (Fsp3) is 0.789. The maximum atomic E-state index is 13.0. The molecule has 1 aromatic rings. The van der Waals surface area contributed by atoms with Gasteiger partial charge in [0, 0.05) is 56.7 Å². The van der Waals surface area contributed by atoms with Crippen LogP contribution in [0.3, 0.4) is 0 Å². The molecule has 1 amide bonds. The van der Waals surface area contributed by atoms with Gasteiger partial charge in [-0.15, -0.1) is 0 Å². The van der Waals surface area contributed by atoms with Gasteiger partial charge in [-0.3, -0.25) is 14.4 Å². The van der Waals surface area contributed by atoms with Crippen molar-refractivity contribution in [3.63, 3.8) is 0 Å². The molecule has 144 valence electrons. The molecular weight excluding hydrogens is 338 g/mol. The molecule has 0 bridgehead atoms. The number of amides is 1. The number of hydrogen-bond donors (Lipinski definition) is 1. The van der Waals surface area contributed by atoms with Crippen LogP contribution in [0.2, 0.25) is 0 Å². The Morgan fingerprint density at radius 3 is 2.81 bits per heavy atom. The van der Waals surface area contributed by atoms with E-state index in [2.05, 4.69) is 21.5 Å². The lowest BCUT2D eigenvalue weighted by Crippen LogP contribution is -2.53. The number of aromatic nitrogens is 2. The summed E-state index contributed by atoms with van der Waals surface area (Å²) in [5.41, 5.74) is 2.31. The van der Waals surface area contributed by atoms with E-state index in [1.165, 1.54) is 5.56 Å². The van der Waals surface area contributed by atoms with Crippen LogP contribution in [0.1, 0.15) is 49.8 Å². The van der Waals surface area contributed by atoms with Crippen LogP contribution in [-0.4, -0.2) is 45.6 Å². The highest BCUT2D eigenvalue weighted by Gasteiger charge is 2.52. The number of nitrogens with zero attached hydrogens (tertiary/aromatic N) is 3. The van der Waals surface area contributed by atoms with Gasteiger partial charge in [-0.25, -0.2) is 8.78 Å². The van der Waals surface area contributed by atoms with Crippen molar-refractivity contribution in [1.29, 1.82) is 0 Å². The molecule has 0 aromatic carbocycles. The Bertz CT molecular complexity index is 696. The van der Waals surface area contributed by atoms with Gasteiger partial charge in [-0.05, 0) is 38.1 Å². The lowest BCUT2D eigenvalue weighted by Gasteiger charge is -2.38. The summed E-state index contributed by atoms with van der Waals surface area (Å²) < 4.78 is 27.9. The predicted molar refractivity (Wildman–Crippen MR) is 93.7 cm³/mol. The molecule has 26 heavy (non-hydrogen) atoms. The second-order valence-electron chi connectivity index (χ2n) is 8.65. The second kappa shape index (κ2) is 6.29. The molecule has 1 saturated heterocycles. The fourth-order valence-electron chi connectivity index (χ4n) is 5.27. The number of alkyl halides is 2. The minimum atomic E-state index is -2.59. The third-order valence-corrected chi connectivity index (χ3v) is 6.63. The van der Waals surface area contributed by atoms with E-state index >= 15 is 0 Å². The number of carbonyl (C=O) groups excluding carboxylic acids is 1. The SMILES string of the molecule is Cc1nn(C)cc1CN1CC[C@]2(CCC[C@H]2C(=O)NC2CC(F)(F)C2)C1. The molecule has 0 radical (unpaired) electrons. The number of nitrogens with one attached hydrogen (secondary N) is 1. The first-order valence-corrected chi connectivity index (χ1v) is 9.66. The molecule has 2 saturated carbocycles. The molecular formula is C19H28F2N4O. The highest BCUT2D eigenvalue weighted by atomic mass is 19.3. The van der Waals surface area contributed by atoms with Gasteiger partial charge in [0.1, 0.15) is 0 Å². The number of likely N-dealkylation sites (tertiary alicyclic amines) is 1. The van der Waals surface area contributed by atoms with Crippen molar-refractivity contribution in [3.05, 3.63) is 17.5 Å². The zero-order valence-electron chi connectivity index (χ0n) is 15.6. The van der Waals surface area contributed by atoms with Crippen molar-refractivity contribution in [2.45, 2.75) is 64.0 Å². The number of rotatable bonds is 4. The summed E-state index contributed by atoms with van der Waals surface area (Å²) in [7, 11) is 1.93. The number of hydrogen-bond acceptors (Lipinski definition) is 3. The van der Waals surface area contributed by atoms with Crippen LogP contribution in [0.25, 0.3) is 0 Å². The Hall–Kier alpha value is -1.50. The molecule has 1 aliphatic heterocycles. The van der Waals surface area contributed by atoms with E-state index in [0.29, 0.717) is 0 Å². The Balaban J connectivity index is 1.38. The molecule has 0 unspecified atom stereocenters. The molecule has 1 spiro atoms. The summed E-state index contributed by atoms with van der Waals surface area (Å²) in [5, 5.41) is 7.30. The molecule has 3 fully saturated rings. The van der Waals surface area contributed by atoms with Crippen molar-refractivity contribution in [2.75, 3.05) is 13.1 Å². The monoisotopic (exact) mass is 366 g/mol. The van der Waals surface area contributed by atoms with Gasteiger partial charge in [-0.2, -0.15) is 5.10 Å². The van der Waals surface area contributed by atoms with E-state index in [-0.39, 0.29) is 36.1 Å². The molecule has 4 rings (SSSR count). The average Bonchev–Trinajstić information content (AvgIpc) is 3.19. The maximum absolute atomic E-state index is 13.0. The summed E-state index contributed by atoms with van der Waals surface area (Å²) in [5.74, 6) is -2.61. The summed E-state index contributed by atoms with van der Waals surface area (Å²) in [6.45, 7) is 4.80. The highest BCUT2D eigenvalue weighted by molar-refractivity contribution is 5.80. The van der Waals surface area contributed by atoms with E-state index in [1.807, 2.05) is 18.7 Å². The van der Waals surface area contributed by atoms with Crippen molar-refractivity contribution in [1.82, 2.24) is 20.0 Å². The van der Waals surface area contributed by atoms with E-state index in [9.17, 15) is 13.6 Å². The van der Waals surface area contributed by atoms with Crippen LogP contribution >= 0.6 is 0 Å². The Labute approximate surface area is 153 Å². The first-order chi connectivity index (χ1) is 12.3. The van der Waals surface area contributed by atoms with Gasteiger partial charge in [0.05, 0.1) is 5.69 Å². The smallest absolute Gasteiger partial charge is 0.252 e. The topological polar surface area (TPSA) is 50.2 Å². The van der Waals surface area contributed by atoms with E-state index in [4.69, 9.17) is 0 Å². The number of halogens is 2. The molecule has 7 heteroatoms. The molecule has 2 atom stereocenters. The van der Waals surface area contributed by atoms with Crippen LogP contribution in [0, 0.1) is 18.3 Å². The van der Waals surface area contributed by atoms with Gasteiger partial charge in [0.15, 0.2) is 0 Å². The first kappa shape index (κ1) is 17.9.